The Morgan fingerprint density at radius 3 is 2.47 bits per heavy atom. The smallest absolute Gasteiger partial charge is 0.253 e. The van der Waals surface area contributed by atoms with E-state index in [9.17, 15) is 8.42 Å². The lowest BCUT2D eigenvalue weighted by Crippen LogP contribution is -2.30. The third-order valence-electron chi connectivity index (χ3n) is 2.79. The van der Waals surface area contributed by atoms with E-state index in [1.807, 2.05) is 10.9 Å². The molecule has 0 saturated heterocycles. The van der Waals surface area contributed by atoms with Crippen LogP contribution in [0.5, 0.6) is 0 Å². The van der Waals surface area contributed by atoms with Crippen molar-refractivity contribution in [1.29, 1.82) is 0 Å². The van der Waals surface area contributed by atoms with E-state index >= 15 is 0 Å². The highest BCUT2D eigenvalue weighted by molar-refractivity contribution is 7.89. The van der Waals surface area contributed by atoms with Crippen molar-refractivity contribution in [3.63, 3.8) is 0 Å². The van der Waals surface area contributed by atoms with Crippen molar-refractivity contribution in [2.24, 2.45) is 5.84 Å². The Balaban J connectivity index is 2.45. The standard InChI is InChI=1S/C10H14N2O2S/c11-12-15(13,14)10-6-5-8-3-1-2-4-9(8)7-10/h5-7,12H,1-4,11H2. The van der Waals surface area contributed by atoms with Gasteiger partial charge in [0.05, 0.1) is 4.90 Å². The molecule has 0 aliphatic heterocycles. The maximum atomic E-state index is 11.5. The number of sulfonamides is 1. The first-order valence-corrected chi connectivity index (χ1v) is 6.46. The van der Waals surface area contributed by atoms with Gasteiger partial charge in [-0.15, -0.1) is 0 Å². The van der Waals surface area contributed by atoms with Crippen LogP contribution in [-0.2, 0) is 22.9 Å². The molecule has 82 valence electrons. The quantitative estimate of drug-likeness (QED) is 0.576. The number of hydrogen-bond donors (Lipinski definition) is 2. The van der Waals surface area contributed by atoms with Gasteiger partial charge in [-0.3, -0.25) is 5.84 Å². The van der Waals surface area contributed by atoms with Crippen LogP contribution >= 0.6 is 0 Å². The van der Waals surface area contributed by atoms with Crippen molar-refractivity contribution < 1.29 is 8.42 Å². The summed E-state index contributed by atoms with van der Waals surface area (Å²) in [5, 5.41) is 0. The Hall–Kier alpha value is -0.910. The van der Waals surface area contributed by atoms with E-state index in [4.69, 9.17) is 5.84 Å². The summed E-state index contributed by atoms with van der Waals surface area (Å²) < 4.78 is 22.9. The first-order valence-electron chi connectivity index (χ1n) is 4.98. The number of benzene rings is 1. The molecule has 0 spiro atoms. The number of nitrogens with one attached hydrogen (secondary N) is 1. The van der Waals surface area contributed by atoms with E-state index in [1.54, 1.807) is 12.1 Å². The number of nitrogens with two attached hydrogens (primary N) is 1. The van der Waals surface area contributed by atoms with Gasteiger partial charge in [-0.1, -0.05) is 6.07 Å². The fraction of sp³-hybridized carbons (Fsp3) is 0.400. The normalized spacial score (nSPS) is 16.1. The summed E-state index contributed by atoms with van der Waals surface area (Å²) >= 11 is 0. The lowest BCUT2D eigenvalue weighted by Gasteiger charge is -2.16. The van der Waals surface area contributed by atoms with Gasteiger partial charge in [0.2, 0.25) is 0 Å². The molecular weight excluding hydrogens is 212 g/mol. The molecule has 0 radical (unpaired) electrons. The Kier molecular flexibility index (Phi) is 2.77. The monoisotopic (exact) mass is 226 g/mol. The second kappa shape index (κ2) is 3.92. The van der Waals surface area contributed by atoms with Gasteiger partial charge in [0.25, 0.3) is 10.0 Å². The number of fused-ring (bicyclic) bond motifs is 1. The minimum atomic E-state index is -3.50. The molecule has 15 heavy (non-hydrogen) atoms. The molecule has 2 rings (SSSR count). The zero-order chi connectivity index (χ0) is 10.9. The SMILES string of the molecule is NNS(=O)(=O)c1ccc2c(c1)CCCC2. The van der Waals surface area contributed by atoms with Crippen LogP contribution < -0.4 is 10.7 Å². The molecule has 0 bridgehead atoms. The van der Waals surface area contributed by atoms with E-state index in [0.717, 1.165) is 24.8 Å². The minimum Gasteiger partial charge on any atom is -0.257 e. The van der Waals surface area contributed by atoms with Crippen LogP contribution in [0.15, 0.2) is 23.1 Å². The van der Waals surface area contributed by atoms with Crippen LogP contribution in [0, 0.1) is 0 Å². The van der Waals surface area contributed by atoms with E-state index in [1.165, 1.54) is 12.0 Å². The lowest BCUT2D eigenvalue weighted by atomic mass is 9.92. The van der Waals surface area contributed by atoms with E-state index in [-0.39, 0.29) is 4.90 Å². The Morgan fingerprint density at radius 2 is 1.80 bits per heavy atom. The maximum absolute atomic E-state index is 11.5. The summed E-state index contributed by atoms with van der Waals surface area (Å²) in [5.74, 6) is 4.98. The molecule has 4 nitrogen and oxygen atoms in total. The molecule has 1 aliphatic rings. The number of rotatable bonds is 2. The van der Waals surface area contributed by atoms with E-state index in [2.05, 4.69) is 0 Å². The van der Waals surface area contributed by atoms with Gasteiger partial charge in [-0.05, 0) is 48.9 Å². The van der Waals surface area contributed by atoms with Gasteiger partial charge >= 0.3 is 0 Å². The summed E-state index contributed by atoms with van der Waals surface area (Å²) in [5.41, 5.74) is 2.40. The van der Waals surface area contributed by atoms with Crippen LogP contribution in [0.1, 0.15) is 24.0 Å². The molecular formula is C10H14N2O2S. The molecule has 5 heteroatoms. The highest BCUT2D eigenvalue weighted by atomic mass is 32.2. The van der Waals surface area contributed by atoms with Gasteiger partial charge in [0.1, 0.15) is 0 Å². The Morgan fingerprint density at radius 1 is 1.13 bits per heavy atom. The first kappa shape index (κ1) is 10.6. The number of hydrazine groups is 1. The van der Waals surface area contributed by atoms with E-state index in [0.29, 0.717) is 0 Å². The summed E-state index contributed by atoms with van der Waals surface area (Å²) in [7, 11) is -3.50. The van der Waals surface area contributed by atoms with Gasteiger partial charge in [0, 0.05) is 0 Å². The first-order chi connectivity index (χ1) is 7.13. The lowest BCUT2D eigenvalue weighted by molar-refractivity contribution is 0.583. The molecule has 0 heterocycles. The molecule has 0 atom stereocenters. The molecule has 1 aromatic rings. The van der Waals surface area contributed by atoms with Crippen molar-refractivity contribution in [2.45, 2.75) is 30.6 Å². The van der Waals surface area contributed by atoms with Gasteiger partial charge in [0.15, 0.2) is 0 Å². The molecule has 0 saturated carbocycles. The molecule has 1 aliphatic carbocycles. The predicted molar refractivity (Wildman–Crippen MR) is 57.6 cm³/mol. The topological polar surface area (TPSA) is 72.2 Å². The minimum absolute atomic E-state index is 0.255. The van der Waals surface area contributed by atoms with Crippen LogP contribution in [0.2, 0.25) is 0 Å². The summed E-state index contributed by atoms with van der Waals surface area (Å²) in [6.07, 6.45) is 4.33. The van der Waals surface area contributed by atoms with Crippen LogP contribution in [0.4, 0.5) is 0 Å². The zero-order valence-corrected chi connectivity index (χ0v) is 9.18. The average Bonchev–Trinajstić information content (AvgIpc) is 2.28. The number of aryl methyl sites for hydroxylation is 2. The predicted octanol–water partition coefficient (Wildman–Crippen LogP) is 0.717. The Labute approximate surface area is 89.5 Å². The van der Waals surface area contributed by atoms with Gasteiger partial charge in [-0.25, -0.2) is 8.42 Å². The molecule has 3 N–H and O–H groups in total. The fourth-order valence-corrected chi connectivity index (χ4v) is 2.63. The second-order valence-electron chi connectivity index (χ2n) is 3.76. The van der Waals surface area contributed by atoms with Crippen molar-refractivity contribution in [1.82, 2.24) is 4.83 Å². The van der Waals surface area contributed by atoms with Crippen molar-refractivity contribution in [3.05, 3.63) is 29.3 Å². The van der Waals surface area contributed by atoms with Gasteiger partial charge < -0.3 is 0 Å². The van der Waals surface area contributed by atoms with Crippen LogP contribution in [-0.4, -0.2) is 8.42 Å². The third kappa shape index (κ3) is 2.04. The maximum Gasteiger partial charge on any atom is 0.253 e. The van der Waals surface area contributed by atoms with Crippen LogP contribution in [0.25, 0.3) is 0 Å². The summed E-state index contributed by atoms with van der Waals surface area (Å²) in [6, 6.07) is 5.22. The highest BCUT2D eigenvalue weighted by Crippen LogP contribution is 2.23. The largest absolute Gasteiger partial charge is 0.257 e. The second-order valence-corrected chi connectivity index (χ2v) is 5.47. The Bertz CT molecular complexity index is 468. The van der Waals surface area contributed by atoms with Crippen LogP contribution in [0.3, 0.4) is 0 Å². The van der Waals surface area contributed by atoms with E-state index < -0.39 is 10.0 Å². The average molecular weight is 226 g/mol. The molecule has 1 aromatic carbocycles. The number of hydrogen-bond acceptors (Lipinski definition) is 3. The van der Waals surface area contributed by atoms with Gasteiger partial charge in [-0.2, -0.15) is 4.83 Å². The summed E-state index contributed by atoms with van der Waals surface area (Å²) in [4.78, 5) is 2.09. The third-order valence-corrected chi connectivity index (χ3v) is 3.97. The molecule has 0 unspecified atom stereocenters. The highest BCUT2D eigenvalue weighted by Gasteiger charge is 2.15. The van der Waals surface area contributed by atoms with Crippen molar-refractivity contribution in [3.8, 4) is 0 Å². The molecule has 0 aromatic heterocycles. The molecule has 0 amide bonds. The van der Waals surface area contributed by atoms with Crippen molar-refractivity contribution in [2.75, 3.05) is 0 Å². The molecule has 0 fully saturated rings. The summed E-state index contributed by atoms with van der Waals surface area (Å²) in [6.45, 7) is 0. The fourth-order valence-electron chi connectivity index (χ4n) is 1.95. The van der Waals surface area contributed by atoms with Crippen molar-refractivity contribution >= 4 is 10.0 Å². The zero-order valence-electron chi connectivity index (χ0n) is 8.36.